The molecule has 0 spiro atoms. The van der Waals surface area contributed by atoms with Crippen molar-refractivity contribution in [1.82, 2.24) is 0 Å². The van der Waals surface area contributed by atoms with Gasteiger partial charge in [-0.15, -0.1) is 0 Å². The largest absolute Gasteiger partial charge is 0.489 e. The summed E-state index contributed by atoms with van der Waals surface area (Å²) >= 11 is 9.07. The molecule has 134 valence electrons. The van der Waals surface area contributed by atoms with Crippen molar-refractivity contribution in [3.05, 3.63) is 87.9 Å². The second kappa shape index (κ2) is 8.12. The summed E-state index contributed by atoms with van der Waals surface area (Å²) in [6.07, 6.45) is 0. The van der Waals surface area contributed by atoms with Crippen LogP contribution in [0.2, 0.25) is 5.02 Å². The van der Waals surface area contributed by atoms with E-state index in [4.69, 9.17) is 20.5 Å². The monoisotopic (exact) mass is 452 g/mol. The van der Waals surface area contributed by atoms with E-state index in [1.165, 1.54) is 18.2 Å². The van der Waals surface area contributed by atoms with Crippen LogP contribution in [0.5, 0.6) is 11.5 Å². The van der Waals surface area contributed by atoms with Crippen molar-refractivity contribution < 1.29 is 17.3 Å². The van der Waals surface area contributed by atoms with Gasteiger partial charge in [-0.25, -0.2) is 0 Å². The summed E-state index contributed by atoms with van der Waals surface area (Å²) in [6, 6.07) is 20.6. The van der Waals surface area contributed by atoms with Gasteiger partial charge < -0.3 is 8.92 Å². The van der Waals surface area contributed by atoms with Crippen molar-refractivity contribution in [2.24, 2.45) is 0 Å². The van der Waals surface area contributed by atoms with Crippen molar-refractivity contribution in [1.29, 1.82) is 0 Å². The van der Waals surface area contributed by atoms with Crippen molar-refractivity contribution in [3.63, 3.8) is 0 Å². The Balaban J connectivity index is 1.69. The maximum absolute atomic E-state index is 12.4. The fourth-order valence-corrected chi connectivity index (χ4v) is 4.28. The summed E-state index contributed by atoms with van der Waals surface area (Å²) in [5.41, 5.74) is 1.04. The molecule has 0 aromatic heterocycles. The van der Waals surface area contributed by atoms with Crippen molar-refractivity contribution >= 4 is 37.6 Å². The molecule has 0 radical (unpaired) electrons. The molecule has 0 bridgehead atoms. The molecule has 0 aliphatic rings. The van der Waals surface area contributed by atoms with Crippen LogP contribution in [0.1, 0.15) is 5.56 Å². The van der Waals surface area contributed by atoms with Gasteiger partial charge in [-0.05, 0) is 64.0 Å². The van der Waals surface area contributed by atoms with E-state index in [1.807, 2.05) is 30.3 Å². The first-order valence-corrected chi connectivity index (χ1v) is 10.2. The first-order chi connectivity index (χ1) is 12.4. The minimum atomic E-state index is -4.01. The molecule has 0 heterocycles. The maximum atomic E-state index is 12.4. The van der Waals surface area contributed by atoms with Gasteiger partial charge in [-0.3, -0.25) is 0 Å². The second-order valence-electron chi connectivity index (χ2n) is 5.36. The summed E-state index contributed by atoms with van der Waals surface area (Å²) in [5.74, 6) is 0.798. The molecule has 26 heavy (non-hydrogen) atoms. The first-order valence-electron chi connectivity index (χ1n) is 7.60. The Hall–Kier alpha value is -2.02. The smallest absolute Gasteiger partial charge is 0.340 e. The zero-order valence-electron chi connectivity index (χ0n) is 13.4. The molecule has 4 nitrogen and oxygen atoms in total. The van der Waals surface area contributed by atoms with E-state index < -0.39 is 10.1 Å². The fraction of sp³-hybridized carbons (Fsp3) is 0.0526. The lowest BCUT2D eigenvalue weighted by molar-refractivity contribution is 0.306. The van der Waals surface area contributed by atoms with Gasteiger partial charge in [-0.1, -0.05) is 41.9 Å². The average molecular weight is 454 g/mol. The van der Waals surface area contributed by atoms with Gasteiger partial charge >= 0.3 is 10.1 Å². The molecule has 3 aromatic rings. The Bertz CT molecular complexity index is 990. The quantitative estimate of drug-likeness (QED) is 0.466. The topological polar surface area (TPSA) is 52.6 Å². The number of hydrogen-bond acceptors (Lipinski definition) is 4. The number of halogens is 2. The van der Waals surface area contributed by atoms with Crippen LogP contribution in [0.3, 0.4) is 0 Å². The molecule has 0 saturated heterocycles. The zero-order chi connectivity index (χ0) is 18.6. The number of benzene rings is 3. The first kappa shape index (κ1) is 18.8. The molecule has 0 unspecified atom stereocenters. The van der Waals surface area contributed by atoms with Crippen molar-refractivity contribution in [2.75, 3.05) is 0 Å². The summed E-state index contributed by atoms with van der Waals surface area (Å²) < 4.78 is 36.1. The van der Waals surface area contributed by atoms with Gasteiger partial charge in [-0.2, -0.15) is 8.42 Å². The third kappa shape index (κ3) is 4.78. The van der Waals surface area contributed by atoms with E-state index >= 15 is 0 Å². The number of hydrogen-bond donors (Lipinski definition) is 0. The van der Waals surface area contributed by atoms with E-state index in [1.54, 1.807) is 24.3 Å². The van der Waals surface area contributed by atoms with Crippen molar-refractivity contribution in [3.8, 4) is 11.5 Å². The molecule has 0 fully saturated rings. The van der Waals surface area contributed by atoms with Gasteiger partial charge in [0.1, 0.15) is 23.0 Å². The van der Waals surface area contributed by atoms with Crippen LogP contribution in [0, 0.1) is 0 Å². The lowest BCUT2D eigenvalue weighted by atomic mass is 10.2. The van der Waals surface area contributed by atoms with E-state index in [2.05, 4.69) is 15.9 Å². The van der Waals surface area contributed by atoms with Crippen LogP contribution in [-0.2, 0) is 16.7 Å². The fourth-order valence-electron chi connectivity index (χ4n) is 2.17. The lowest BCUT2D eigenvalue weighted by Gasteiger charge is -2.10. The Kier molecular flexibility index (Phi) is 5.86. The maximum Gasteiger partial charge on any atom is 0.340 e. The van der Waals surface area contributed by atoms with Crippen molar-refractivity contribution in [2.45, 2.75) is 11.5 Å². The van der Waals surface area contributed by atoms with Gasteiger partial charge in [0.2, 0.25) is 0 Å². The van der Waals surface area contributed by atoms with Gasteiger partial charge in [0.05, 0.1) is 0 Å². The summed E-state index contributed by atoms with van der Waals surface area (Å²) in [6.45, 7) is 0.425. The molecule has 0 N–H and O–H groups in total. The predicted octanol–water partition coefficient (Wildman–Crippen LogP) is 5.45. The molecular weight excluding hydrogens is 440 g/mol. The Morgan fingerprint density at radius 2 is 1.54 bits per heavy atom. The van der Waals surface area contributed by atoms with Gasteiger partial charge in [0, 0.05) is 9.50 Å². The molecule has 3 rings (SSSR count). The highest BCUT2D eigenvalue weighted by atomic mass is 79.9. The van der Waals surface area contributed by atoms with Crippen LogP contribution < -0.4 is 8.92 Å². The Morgan fingerprint density at radius 3 is 2.23 bits per heavy atom. The van der Waals surface area contributed by atoms with Crippen LogP contribution in [-0.4, -0.2) is 8.42 Å². The zero-order valence-corrected chi connectivity index (χ0v) is 16.6. The van der Waals surface area contributed by atoms with Crippen LogP contribution in [0.4, 0.5) is 0 Å². The number of rotatable bonds is 6. The predicted molar refractivity (Wildman–Crippen MR) is 104 cm³/mol. The second-order valence-corrected chi connectivity index (χ2v) is 8.16. The average Bonchev–Trinajstić information content (AvgIpc) is 2.64. The summed E-state index contributed by atoms with van der Waals surface area (Å²) in [5, 5.41) is 0.306. The molecule has 0 aliphatic carbocycles. The molecule has 0 aliphatic heterocycles. The summed E-state index contributed by atoms with van der Waals surface area (Å²) in [7, 11) is -4.01. The Morgan fingerprint density at radius 1 is 0.885 bits per heavy atom. The van der Waals surface area contributed by atoms with E-state index in [0.29, 0.717) is 21.9 Å². The molecule has 0 atom stereocenters. The number of ether oxygens (including phenoxy) is 1. The highest BCUT2D eigenvalue weighted by Gasteiger charge is 2.20. The molecule has 0 amide bonds. The van der Waals surface area contributed by atoms with Crippen LogP contribution >= 0.6 is 27.5 Å². The molecule has 7 heteroatoms. The third-order valence-electron chi connectivity index (χ3n) is 3.44. The van der Waals surface area contributed by atoms with E-state index in [-0.39, 0.29) is 10.6 Å². The molecule has 3 aromatic carbocycles. The molecular formula is C19H14BrClO4S. The Labute approximate surface area is 165 Å². The van der Waals surface area contributed by atoms with Gasteiger partial charge in [0.25, 0.3) is 0 Å². The highest BCUT2D eigenvalue weighted by molar-refractivity contribution is 9.10. The van der Waals surface area contributed by atoms with E-state index in [0.717, 1.165) is 5.56 Å². The lowest BCUT2D eigenvalue weighted by Crippen LogP contribution is -2.10. The normalized spacial score (nSPS) is 11.2. The summed E-state index contributed by atoms with van der Waals surface area (Å²) in [4.78, 5) is -0.0330. The van der Waals surface area contributed by atoms with Crippen LogP contribution in [0.25, 0.3) is 0 Å². The SMILES string of the molecule is O=S(=O)(Oc1ccc(OCc2ccccc2)cc1)c1cc(Cl)ccc1Br. The third-order valence-corrected chi connectivity index (χ3v) is 5.92. The van der Waals surface area contributed by atoms with Crippen LogP contribution in [0.15, 0.2) is 82.2 Å². The van der Waals surface area contributed by atoms with Gasteiger partial charge in [0.15, 0.2) is 0 Å². The minimum Gasteiger partial charge on any atom is -0.489 e. The van der Waals surface area contributed by atoms with E-state index in [9.17, 15) is 8.42 Å². The standard InChI is InChI=1S/C19H14BrClO4S/c20-18-11-6-15(21)12-19(18)26(22,23)25-17-9-7-16(8-10-17)24-13-14-4-2-1-3-5-14/h1-12H,13H2. The minimum absolute atomic E-state index is 0.0330. The molecule has 0 saturated carbocycles. The highest BCUT2D eigenvalue weighted by Crippen LogP contribution is 2.28.